The Labute approximate surface area is 111 Å². The van der Waals surface area contributed by atoms with E-state index in [0.29, 0.717) is 0 Å². The minimum Gasteiger partial charge on any atom is -0.481 e. The van der Waals surface area contributed by atoms with Gasteiger partial charge in [-0.2, -0.15) is 0 Å². The lowest BCUT2D eigenvalue weighted by Crippen LogP contribution is -2.51. The molecule has 0 heterocycles. The Hall–Kier alpha value is -1.83. The van der Waals surface area contributed by atoms with Crippen LogP contribution in [0.4, 0.5) is 4.79 Å². The van der Waals surface area contributed by atoms with Crippen molar-refractivity contribution in [1.29, 1.82) is 0 Å². The molecule has 0 spiro atoms. The molecule has 0 saturated heterocycles. The Balaban J connectivity index is 4.16. The molecule has 0 aromatic heterocycles. The number of nitrogens with one attached hydrogen (secondary N) is 2. The van der Waals surface area contributed by atoms with Crippen LogP contribution in [0.1, 0.15) is 26.7 Å². The number of aliphatic carboxylic acids is 1. The van der Waals surface area contributed by atoms with Crippen LogP contribution in [0, 0.1) is 0 Å². The summed E-state index contributed by atoms with van der Waals surface area (Å²) in [5.74, 6) is -1.53. The second-order valence-corrected chi connectivity index (χ2v) is 4.82. The molecule has 19 heavy (non-hydrogen) atoms. The van der Waals surface area contributed by atoms with Gasteiger partial charge in [0, 0.05) is 25.6 Å². The lowest BCUT2D eigenvalue weighted by atomic mass is 10.0. The number of ether oxygens (including phenoxy) is 1. The SMILES string of the molecule is COC(CNC(=O)NC(C)(C)CC(N)=O)CC(=O)O. The topological polar surface area (TPSA) is 131 Å². The van der Waals surface area contributed by atoms with Crippen LogP contribution in [-0.2, 0) is 14.3 Å². The van der Waals surface area contributed by atoms with Crippen molar-refractivity contribution in [2.75, 3.05) is 13.7 Å². The van der Waals surface area contributed by atoms with Crippen LogP contribution in [-0.4, -0.2) is 48.3 Å². The number of amides is 3. The molecule has 8 nitrogen and oxygen atoms in total. The second kappa shape index (κ2) is 7.57. The zero-order valence-corrected chi connectivity index (χ0v) is 11.4. The van der Waals surface area contributed by atoms with Crippen LogP contribution >= 0.6 is 0 Å². The first-order valence-corrected chi connectivity index (χ1v) is 5.75. The van der Waals surface area contributed by atoms with E-state index in [1.54, 1.807) is 13.8 Å². The molecule has 8 heteroatoms. The monoisotopic (exact) mass is 275 g/mol. The predicted molar refractivity (Wildman–Crippen MR) is 67.5 cm³/mol. The highest BCUT2D eigenvalue weighted by atomic mass is 16.5. The van der Waals surface area contributed by atoms with Gasteiger partial charge in [-0.3, -0.25) is 9.59 Å². The van der Waals surface area contributed by atoms with Gasteiger partial charge < -0.3 is 26.2 Å². The maximum atomic E-state index is 11.6. The molecule has 0 aromatic rings. The minimum absolute atomic E-state index is 0.00323. The molecular weight excluding hydrogens is 254 g/mol. The Bertz CT molecular complexity index is 343. The fourth-order valence-corrected chi connectivity index (χ4v) is 1.47. The van der Waals surface area contributed by atoms with Crippen LogP contribution in [0.15, 0.2) is 0 Å². The van der Waals surface area contributed by atoms with E-state index in [2.05, 4.69) is 10.6 Å². The number of primary amides is 1. The van der Waals surface area contributed by atoms with Crippen LogP contribution in [0.5, 0.6) is 0 Å². The number of carboxylic acid groups (broad SMARTS) is 1. The van der Waals surface area contributed by atoms with Gasteiger partial charge >= 0.3 is 12.0 Å². The van der Waals surface area contributed by atoms with Crippen LogP contribution in [0.3, 0.4) is 0 Å². The molecule has 3 amide bonds. The number of rotatable bonds is 8. The molecular formula is C11H21N3O5. The standard InChI is InChI=1S/C11H21N3O5/c1-11(2,5-8(12)15)14-10(18)13-6-7(19-3)4-9(16)17/h7H,4-6H2,1-3H3,(H2,12,15)(H,16,17)(H2,13,14,18). The number of nitrogens with two attached hydrogens (primary N) is 1. The third kappa shape index (κ3) is 8.83. The highest BCUT2D eigenvalue weighted by molar-refractivity contribution is 5.78. The highest BCUT2D eigenvalue weighted by Crippen LogP contribution is 2.06. The lowest BCUT2D eigenvalue weighted by molar-refractivity contribution is -0.139. The molecule has 1 unspecified atom stereocenters. The van der Waals surface area contributed by atoms with Crippen LogP contribution in [0.2, 0.25) is 0 Å². The summed E-state index contributed by atoms with van der Waals surface area (Å²) >= 11 is 0. The quantitative estimate of drug-likeness (QED) is 0.471. The molecule has 110 valence electrons. The molecule has 0 aliphatic heterocycles. The molecule has 0 rings (SSSR count). The third-order valence-electron chi connectivity index (χ3n) is 2.29. The van der Waals surface area contributed by atoms with Gasteiger partial charge in [0.25, 0.3) is 0 Å². The van der Waals surface area contributed by atoms with Crippen molar-refractivity contribution < 1.29 is 24.2 Å². The summed E-state index contributed by atoms with van der Waals surface area (Å²) in [6.07, 6.45) is -0.812. The minimum atomic E-state index is -1.01. The average molecular weight is 275 g/mol. The van der Waals surface area contributed by atoms with Gasteiger partial charge in [-0.05, 0) is 13.8 Å². The Morgan fingerprint density at radius 3 is 2.37 bits per heavy atom. The largest absolute Gasteiger partial charge is 0.481 e. The Morgan fingerprint density at radius 1 is 1.37 bits per heavy atom. The van der Waals surface area contributed by atoms with Gasteiger partial charge in [0.1, 0.15) is 0 Å². The Morgan fingerprint density at radius 2 is 1.95 bits per heavy atom. The van der Waals surface area contributed by atoms with E-state index in [1.165, 1.54) is 7.11 Å². The molecule has 0 saturated carbocycles. The molecule has 0 bridgehead atoms. The summed E-state index contributed by atoms with van der Waals surface area (Å²) < 4.78 is 4.91. The van der Waals surface area contributed by atoms with E-state index < -0.39 is 29.6 Å². The third-order valence-corrected chi connectivity index (χ3v) is 2.29. The number of hydrogen-bond acceptors (Lipinski definition) is 4. The van der Waals surface area contributed by atoms with Gasteiger partial charge in [0.05, 0.1) is 12.5 Å². The number of methoxy groups -OCH3 is 1. The second-order valence-electron chi connectivity index (χ2n) is 4.82. The molecule has 0 aliphatic carbocycles. The van der Waals surface area contributed by atoms with Gasteiger partial charge in [-0.1, -0.05) is 0 Å². The van der Waals surface area contributed by atoms with Crippen molar-refractivity contribution in [3.8, 4) is 0 Å². The van der Waals surface area contributed by atoms with Crippen molar-refractivity contribution >= 4 is 17.9 Å². The maximum absolute atomic E-state index is 11.6. The van der Waals surface area contributed by atoms with Gasteiger partial charge in [0.2, 0.25) is 5.91 Å². The van der Waals surface area contributed by atoms with Gasteiger partial charge in [0.15, 0.2) is 0 Å². The number of carbonyl (C=O) groups is 3. The summed E-state index contributed by atoms with van der Waals surface area (Å²) in [6, 6.07) is -0.515. The Kier molecular flexibility index (Phi) is 6.84. The first-order chi connectivity index (χ1) is 8.66. The van der Waals surface area contributed by atoms with E-state index in [9.17, 15) is 14.4 Å². The number of urea groups is 1. The van der Waals surface area contributed by atoms with Crippen molar-refractivity contribution in [3.63, 3.8) is 0 Å². The highest BCUT2D eigenvalue weighted by Gasteiger charge is 2.23. The fourth-order valence-electron chi connectivity index (χ4n) is 1.47. The van der Waals surface area contributed by atoms with E-state index >= 15 is 0 Å². The molecule has 1 atom stereocenters. The lowest BCUT2D eigenvalue weighted by Gasteiger charge is -2.25. The first-order valence-electron chi connectivity index (χ1n) is 5.75. The van der Waals surface area contributed by atoms with Crippen LogP contribution in [0.25, 0.3) is 0 Å². The van der Waals surface area contributed by atoms with E-state index in [0.717, 1.165) is 0 Å². The van der Waals surface area contributed by atoms with Crippen molar-refractivity contribution in [2.24, 2.45) is 5.73 Å². The van der Waals surface area contributed by atoms with E-state index in [-0.39, 0.29) is 19.4 Å². The van der Waals surface area contributed by atoms with Crippen molar-refractivity contribution in [1.82, 2.24) is 10.6 Å². The predicted octanol–water partition coefficient (Wildman–Crippen LogP) is -0.571. The van der Waals surface area contributed by atoms with Crippen molar-refractivity contribution in [2.45, 2.75) is 38.3 Å². The smallest absolute Gasteiger partial charge is 0.315 e. The normalized spacial score (nSPS) is 12.6. The summed E-state index contributed by atoms with van der Waals surface area (Å²) in [6.45, 7) is 3.37. The molecule has 0 aromatic carbocycles. The summed E-state index contributed by atoms with van der Waals surface area (Å²) in [5, 5.41) is 13.7. The molecule has 0 radical (unpaired) electrons. The number of carboxylic acids is 1. The average Bonchev–Trinajstić information content (AvgIpc) is 2.20. The number of carbonyl (C=O) groups excluding carboxylic acids is 2. The van der Waals surface area contributed by atoms with Crippen LogP contribution < -0.4 is 16.4 Å². The summed E-state index contributed by atoms with van der Waals surface area (Å²) in [5.41, 5.74) is 4.28. The maximum Gasteiger partial charge on any atom is 0.315 e. The zero-order valence-electron chi connectivity index (χ0n) is 11.4. The first kappa shape index (κ1) is 17.2. The van der Waals surface area contributed by atoms with E-state index in [1.807, 2.05) is 0 Å². The summed E-state index contributed by atoms with van der Waals surface area (Å²) in [4.78, 5) is 32.9. The molecule has 5 N–H and O–H groups in total. The summed E-state index contributed by atoms with van der Waals surface area (Å²) in [7, 11) is 1.37. The fraction of sp³-hybridized carbons (Fsp3) is 0.727. The van der Waals surface area contributed by atoms with Gasteiger partial charge in [-0.25, -0.2) is 4.79 Å². The van der Waals surface area contributed by atoms with E-state index in [4.69, 9.17) is 15.6 Å². The van der Waals surface area contributed by atoms with Crippen molar-refractivity contribution in [3.05, 3.63) is 0 Å². The molecule has 0 aliphatic rings. The van der Waals surface area contributed by atoms with Gasteiger partial charge in [-0.15, -0.1) is 0 Å². The zero-order chi connectivity index (χ0) is 15.1. The number of hydrogen-bond donors (Lipinski definition) is 4. The molecule has 0 fully saturated rings.